The van der Waals surface area contributed by atoms with E-state index in [9.17, 15) is 14.4 Å². The largest absolute Gasteiger partial charge is 0.493 e. The van der Waals surface area contributed by atoms with Crippen LogP contribution in [0.2, 0.25) is 0 Å². The number of benzene rings is 2. The van der Waals surface area contributed by atoms with E-state index >= 15 is 0 Å². The van der Waals surface area contributed by atoms with Crippen molar-refractivity contribution in [1.82, 2.24) is 0 Å². The van der Waals surface area contributed by atoms with Crippen LogP contribution in [-0.4, -0.2) is 52.2 Å². The molecule has 0 bridgehead atoms. The van der Waals surface area contributed by atoms with Crippen molar-refractivity contribution in [3.05, 3.63) is 41.5 Å². The Balaban J connectivity index is 1.71. The molecule has 2 aromatic carbocycles. The molecule has 0 aliphatic carbocycles. The maximum Gasteiger partial charge on any atom is 0.338 e. The molecule has 9 heteroatoms. The Morgan fingerprint density at radius 2 is 1.69 bits per heavy atom. The van der Waals surface area contributed by atoms with Gasteiger partial charge in [0.15, 0.2) is 30.5 Å². The average Bonchev–Trinajstić information content (AvgIpc) is 2.75. The molecular formula is C20H19NO8. The summed E-state index contributed by atoms with van der Waals surface area (Å²) in [6.45, 7) is -0.560. The molecule has 2 aromatic rings. The summed E-state index contributed by atoms with van der Waals surface area (Å²) in [6.07, 6.45) is 0. The van der Waals surface area contributed by atoms with E-state index in [2.05, 4.69) is 5.32 Å². The van der Waals surface area contributed by atoms with Crippen molar-refractivity contribution in [3.8, 4) is 23.0 Å². The Hall–Kier alpha value is -3.75. The van der Waals surface area contributed by atoms with Crippen molar-refractivity contribution in [1.29, 1.82) is 0 Å². The summed E-state index contributed by atoms with van der Waals surface area (Å²) in [5.41, 5.74) is 0.800. The first-order chi connectivity index (χ1) is 14.0. The second-order valence-corrected chi connectivity index (χ2v) is 5.96. The van der Waals surface area contributed by atoms with Gasteiger partial charge in [-0.05, 0) is 30.3 Å². The van der Waals surface area contributed by atoms with Gasteiger partial charge in [-0.25, -0.2) is 4.79 Å². The number of nitrogens with one attached hydrogen (secondary N) is 1. The van der Waals surface area contributed by atoms with E-state index < -0.39 is 18.4 Å². The van der Waals surface area contributed by atoms with Gasteiger partial charge in [-0.15, -0.1) is 0 Å². The third-order valence-electron chi connectivity index (χ3n) is 4.17. The third-order valence-corrected chi connectivity index (χ3v) is 4.17. The molecule has 29 heavy (non-hydrogen) atoms. The van der Waals surface area contributed by atoms with Gasteiger partial charge in [0.1, 0.15) is 5.75 Å². The van der Waals surface area contributed by atoms with E-state index in [1.807, 2.05) is 0 Å². The van der Waals surface area contributed by atoms with E-state index in [0.717, 1.165) is 0 Å². The number of carbonyl (C=O) groups excluding carboxylic acids is 3. The van der Waals surface area contributed by atoms with Crippen LogP contribution in [0.1, 0.15) is 20.7 Å². The minimum atomic E-state index is -0.729. The molecule has 0 radical (unpaired) electrons. The fourth-order valence-electron chi connectivity index (χ4n) is 2.75. The van der Waals surface area contributed by atoms with E-state index in [1.54, 1.807) is 6.07 Å². The zero-order valence-corrected chi connectivity index (χ0v) is 16.1. The van der Waals surface area contributed by atoms with Crippen LogP contribution in [0.15, 0.2) is 30.3 Å². The van der Waals surface area contributed by atoms with Crippen LogP contribution in [0.25, 0.3) is 0 Å². The number of ether oxygens (including phenoxy) is 5. The molecule has 1 N–H and O–H groups in total. The number of anilines is 1. The molecule has 0 fully saturated rings. The third kappa shape index (κ3) is 4.23. The summed E-state index contributed by atoms with van der Waals surface area (Å²) < 4.78 is 26.0. The summed E-state index contributed by atoms with van der Waals surface area (Å²) in [6, 6.07) is 7.44. The van der Waals surface area contributed by atoms with Crippen LogP contribution in [0.4, 0.5) is 5.69 Å². The van der Waals surface area contributed by atoms with E-state index in [1.165, 1.54) is 45.6 Å². The highest BCUT2D eigenvalue weighted by atomic mass is 16.5. The van der Waals surface area contributed by atoms with Gasteiger partial charge in [0.05, 0.1) is 32.6 Å². The highest BCUT2D eigenvalue weighted by Crippen LogP contribution is 2.38. The van der Waals surface area contributed by atoms with Gasteiger partial charge < -0.3 is 29.0 Å². The van der Waals surface area contributed by atoms with E-state index in [-0.39, 0.29) is 35.1 Å². The van der Waals surface area contributed by atoms with Gasteiger partial charge in [-0.2, -0.15) is 0 Å². The van der Waals surface area contributed by atoms with Crippen LogP contribution in [0, 0.1) is 0 Å². The van der Waals surface area contributed by atoms with E-state index in [0.29, 0.717) is 17.2 Å². The lowest BCUT2D eigenvalue weighted by Crippen LogP contribution is -2.25. The number of fused-ring (bicyclic) bond motifs is 1. The Morgan fingerprint density at radius 3 is 2.31 bits per heavy atom. The molecule has 1 aliphatic heterocycles. The normalized spacial score (nSPS) is 12.2. The molecule has 1 amide bonds. The quantitative estimate of drug-likeness (QED) is 0.555. The lowest BCUT2D eigenvalue weighted by Gasteiger charge is -2.18. The zero-order chi connectivity index (χ0) is 21.0. The molecule has 0 saturated heterocycles. The zero-order valence-electron chi connectivity index (χ0n) is 16.1. The Labute approximate surface area is 166 Å². The molecule has 1 heterocycles. The SMILES string of the molecule is COc1cc(C(=O)OCC(=O)c2ccc3c(c2)NC(=O)CO3)cc(OC)c1OC. The molecule has 9 nitrogen and oxygen atoms in total. The smallest absolute Gasteiger partial charge is 0.338 e. The predicted molar refractivity (Wildman–Crippen MR) is 101 cm³/mol. The number of rotatable bonds is 7. The van der Waals surface area contributed by atoms with Gasteiger partial charge in [-0.3, -0.25) is 9.59 Å². The van der Waals surface area contributed by atoms with Crippen LogP contribution in [0.5, 0.6) is 23.0 Å². The van der Waals surface area contributed by atoms with Crippen molar-refractivity contribution in [3.63, 3.8) is 0 Å². The summed E-state index contributed by atoms with van der Waals surface area (Å²) >= 11 is 0. The summed E-state index contributed by atoms with van der Waals surface area (Å²) in [7, 11) is 4.30. The van der Waals surface area contributed by atoms with Crippen LogP contribution in [0.3, 0.4) is 0 Å². The number of Topliss-reactive ketones (excluding diaryl/α,β-unsaturated/α-hetero) is 1. The number of ketones is 1. The van der Waals surface area contributed by atoms with Gasteiger partial charge in [0, 0.05) is 5.56 Å². The van der Waals surface area contributed by atoms with Crippen molar-refractivity contribution >= 4 is 23.3 Å². The summed E-state index contributed by atoms with van der Waals surface area (Å²) in [5.74, 6) is -0.0980. The molecule has 0 atom stereocenters. The van der Waals surface area contributed by atoms with Crippen LogP contribution < -0.4 is 24.3 Å². The van der Waals surface area contributed by atoms with Crippen molar-refractivity contribution < 1.29 is 38.1 Å². The van der Waals surface area contributed by atoms with Gasteiger partial charge in [0.2, 0.25) is 5.75 Å². The minimum Gasteiger partial charge on any atom is -0.493 e. The molecule has 1 aliphatic rings. The number of hydrogen-bond donors (Lipinski definition) is 1. The van der Waals surface area contributed by atoms with Crippen LogP contribution >= 0.6 is 0 Å². The number of amides is 1. The van der Waals surface area contributed by atoms with Gasteiger partial charge in [0.25, 0.3) is 5.91 Å². The Bertz CT molecular complexity index is 944. The number of carbonyl (C=O) groups is 3. The first-order valence-electron chi connectivity index (χ1n) is 8.53. The van der Waals surface area contributed by atoms with Crippen molar-refractivity contribution in [2.45, 2.75) is 0 Å². The predicted octanol–water partition coefficient (Wildman–Crippen LogP) is 2.08. The maximum atomic E-state index is 12.4. The molecule has 3 rings (SSSR count). The summed E-state index contributed by atoms with van der Waals surface area (Å²) in [4.78, 5) is 36.2. The average molecular weight is 401 g/mol. The van der Waals surface area contributed by atoms with Crippen LogP contribution in [-0.2, 0) is 9.53 Å². The standard InChI is InChI=1S/C20H19NO8/c1-25-16-7-12(8-17(26-2)19(16)27-3)20(24)29-9-14(22)11-4-5-15-13(6-11)21-18(23)10-28-15/h4-8H,9-10H2,1-3H3,(H,21,23). The van der Waals surface area contributed by atoms with Gasteiger partial charge in [-0.1, -0.05) is 0 Å². The van der Waals surface area contributed by atoms with E-state index in [4.69, 9.17) is 23.7 Å². The second kappa shape index (κ2) is 8.51. The summed E-state index contributed by atoms with van der Waals surface area (Å²) in [5, 5.41) is 2.62. The first-order valence-corrected chi connectivity index (χ1v) is 8.53. The van der Waals surface area contributed by atoms with Gasteiger partial charge >= 0.3 is 5.97 Å². The monoisotopic (exact) mass is 401 g/mol. The van der Waals surface area contributed by atoms with Crippen molar-refractivity contribution in [2.75, 3.05) is 39.9 Å². The lowest BCUT2D eigenvalue weighted by molar-refractivity contribution is -0.118. The highest BCUT2D eigenvalue weighted by molar-refractivity contribution is 6.02. The first kappa shape index (κ1) is 20.0. The number of esters is 1. The Morgan fingerprint density at radius 1 is 1.00 bits per heavy atom. The van der Waals surface area contributed by atoms with Crippen molar-refractivity contribution in [2.24, 2.45) is 0 Å². The molecular weight excluding hydrogens is 382 g/mol. The lowest BCUT2D eigenvalue weighted by atomic mass is 10.1. The molecule has 0 spiro atoms. The molecule has 0 saturated carbocycles. The number of methoxy groups -OCH3 is 3. The Kier molecular flexibility index (Phi) is 5.87. The molecule has 0 aromatic heterocycles. The molecule has 0 unspecified atom stereocenters. The topological polar surface area (TPSA) is 109 Å². The fourth-order valence-corrected chi connectivity index (χ4v) is 2.75. The second-order valence-electron chi connectivity index (χ2n) is 5.96. The fraction of sp³-hybridized carbons (Fsp3) is 0.250. The minimum absolute atomic E-state index is 0.0767. The maximum absolute atomic E-state index is 12.4. The number of hydrogen-bond acceptors (Lipinski definition) is 8. The molecule has 152 valence electrons. The highest BCUT2D eigenvalue weighted by Gasteiger charge is 2.21.